The molecule has 0 saturated carbocycles. The van der Waals surface area contributed by atoms with Crippen molar-refractivity contribution < 1.29 is 14.2 Å². The maximum absolute atomic E-state index is 12.4. The van der Waals surface area contributed by atoms with Gasteiger partial charge in [0.05, 0.1) is 24.8 Å². The van der Waals surface area contributed by atoms with Crippen molar-refractivity contribution in [2.24, 2.45) is 0 Å². The minimum absolute atomic E-state index is 0.0934. The van der Waals surface area contributed by atoms with E-state index in [1.54, 1.807) is 5.01 Å². The third kappa shape index (κ3) is 2.57. The van der Waals surface area contributed by atoms with Crippen molar-refractivity contribution in [1.82, 2.24) is 5.01 Å². The number of hydrazine groups is 1. The van der Waals surface area contributed by atoms with Crippen LogP contribution >= 0.6 is 0 Å². The molecule has 25 heavy (non-hydrogen) atoms. The van der Waals surface area contributed by atoms with E-state index in [-0.39, 0.29) is 12.1 Å². The molecule has 0 N–H and O–H groups in total. The summed E-state index contributed by atoms with van der Waals surface area (Å²) in [4.78, 5) is 12.4. The van der Waals surface area contributed by atoms with E-state index in [0.29, 0.717) is 13.0 Å². The van der Waals surface area contributed by atoms with E-state index in [0.717, 1.165) is 29.7 Å². The van der Waals surface area contributed by atoms with Crippen LogP contribution in [0.25, 0.3) is 11.1 Å². The Labute approximate surface area is 148 Å². The molecule has 0 aromatic heterocycles. The lowest BCUT2D eigenvalue weighted by Crippen LogP contribution is -2.38. The number of hydrazone groups is 1. The smallest absolute Gasteiger partial charge is 0.295 e. The predicted molar refractivity (Wildman–Crippen MR) is 97.4 cm³/mol. The van der Waals surface area contributed by atoms with Gasteiger partial charge < -0.3 is 4.74 Å². The van der Waals surface area contributed by atoms with Crippen LogP contribution in [0.1, 0.15) is 37.3 Å². The summed E-state index contributed by atoms with van der Waals surface area (Å²) < 4.78 is 8.13. The highest BCUT2D eigenvalue weighted by molar-refractivity contribution is 6.22. The fraction of sp³-hybridized carbons (Fsp3) is 0.333. The first kappa shape index (κ1) is 16.0. The number of fused-ring (bicyclic) bond motifs is 3. The van der Waals surface area contributed by atoms with Gasteiger partial charge in [0, 0.05) is 0 Å². The molecule has 1 fully saturated rings. The first-order valence-corrected chi connectivity index (χ1v) is 8.95. The maximum atomic E-state index is 12.4. The van der Waals surface area contributed by atoms with Gasteiger partial charge in [-0.25, -0.2) is 0 Å². The summed E-state index contributed by atoms with van der Waals surface area (Å²) in [6, 6.07) is 16.8. The Hall–Kier alpha value is -2.46. The van der Waals surface area contributed by atoms with Crippen LogP contribution < -0.4 is 0 Å². The SMILES string of the molecule is CCCCOC1CC(=O)N(C)[N+]1=C1c2ccccc2-c2ccccc21. The lowest BCUT2D eigenvalue weighted by atomic mass is 10.1. The van der Waals surface area contributed by atoms with E-state index < -0.39 is 0 Å². The van der Waals surface area contributed by atoms with Crippen LogP contribution in [0.2, 0.25) is 0 Å². The molecule has 1 amide bonds. The Bertz CT molecular complexity index is 809. The standard InChI is InChI=1S/C21H23N2O2/c1-3-4-13-25-20-14-19(24)22(2)23(20)21-17-11-7-5-9-15(17)16-10-6-8-12-18(16)21/h5-12,20H,3-4,13-14H2,1-2H3/q+1. The van der Waals surface area contributed by atoms with E-state index >= 15 is 0 Å². The van der Waals surface area contributed by atoms with Crippen LogP contribution in [0.3, 0.4) is 0 Å². The van der Waals surface area contributed by atoms with Crippen LogP contribution in [0.15, 0.2) is 48.5 Å². The molecule has 1 aliphatic carbocycles. The molecule has 2 aromatic rings. The first-order valence-electron chi connectivity index (χ1n) is 8.95. The fourth-order valence-electron chi connectivity index (χ4n) is 3.71. The Kier molecular flexibility index (Phi) is 4.14. The average molecular weight is 335 g/mol. The fourth-order valence-corrected chi connectivity index (χ4v) is 3.71. The molecule has 0 bridgehead atoms. The minimum atomic E-state index is -0.238. The highest BCUT2D eigenvalue weighted by atomic mass is 16.5. The van der Waals surface area contributed by atoms with E-state index in [2.05, 4.69) is 55.5 Å². The van der Waals surface area contributed by atoms with Crippen molar-refractivity contribution in [2.75, 3.05) is 13.7 Å². The zero-order chi connectivity index (χ0) is 17.4. The Morgan fingerprint density at radius 3 is 2.16 bits per heavy atom. The van der Waals surface area contributed by atoms with Crippen molar-refractivity contribution in [2.45, 2.75) is 32.4 Å². The number of carbonyl (C=O) groups is 1. The summed E-state index contributed by atoms with van der Waals surface area (Å²) in [6.45, 7) is 2.82. The van der Waals surface area contributed by atoms with Gasteiger partial charge in [0.25, 0.3) is 12.1 Å². The summed E-state index contributed by atoms with van der Waals surface area (Å²) >= 11 is 0. The number of ether oxygens (including phenoxy) is 1. The molecule has 1 aliphatic heterocycles. The zero-order valence-electron chi connectivity index (χ0n) is 14.7. The normalized spacial score (nSPS) is 18.7. The number of carbonyl (C=O) groups excluding carboxylic acids is 1. The van der Waals surface area contributed by atoms with Crippen LogP contribution in [-0.4, -0.2) is 41.2 Å². The maximum Gasteiger partial charge on any atom is 0.295 e. The van der Waals surface area contributed by atoms with Gasteiger partial charge in [0.2, 0.25) is 5.71 Å². The Morgan fingerprint density at radius 2 is 1.60 bits per heavy atom. The molecular formula is C21H23N2O2+. The second kappa shape index (κ2) is 6.45. The van der Waals surface area contributed by atoms with Crippen molar-refractivity contribution in [3.8, 4) is 11.1 Å². The number of nitrogens with zero attached hydrogens (tertiary/aromatic N) is 2. The summed E-state index contributed by atoms with van der Waals surface area (Å²) in [5.74, 6) is 0.0934. The van der Waals surface area contributed by atoms with Crippen molar-refractivity contribution in [3.63, 3.8) is 0 Å². The van der Waals surface area contributed by atoms with Gasteiger partial charge in [0.1, 0.15) is 6.42 Å². The van der Waals surface area contributed by atoms with Gasteiger partial charge in [-0.15, -0.1) is 5.01 Å². The van der Waals surface area contributed by atoms with Crippen LogP contribution in [0.4, 0.5) is 0 Å². The van der Waals surface area contributed by atoms with Gasteiger partial charge in [-0.1, -0.05) is 54.4 Å². The van der Waals surface area contributed by atoms with Gasteiger partial charge in [-0.05, 0) is 29.7 Å². The molecule has 2 aromatic carbocycles. The van der Waals surface area contributed by atoms with Gasteiger partial charge in [0.15, 0.2) is 0 Å². The summed E-state index contributed by atoms with van der Waals surface area (Å²) in [7, 11) is 1.84. The molecule has 1 saturated heterocycles. The van der Waals surface area contributed by atoms with Crippen molar-refractivity contribution in [3.05, 3.63) is 59.7 Å². The molecule has 4 rings (SSSR count). The molecule has 0 spiro atoms. The molecule has 0 radical (unpaired) electrons. The van der Waals surface area contributed by atoms with Crippen molar-refractivity contribution >= 4 is 11.6 Å². The second-order valence-corrected chi connectivity index (χ2v) is 6.58. The average Bonchev–Trinajstić information content (AvgIpc) is 3.10. The highest BCUT2D eigenvalue weighted by Crippen LogP contribution is 2.37. The number of amides is 1. The molecule has 4 nitrogen and oxygen atoms in total. The quantitative estimate of drug-likeness (QED) is 0.540. The third-order valence-electron chi connectivity index (χ3n) is 5.00. The van der Waals surface area contributed by atoms with E-state index in [4.69, 9.17) is 4.74 Å². The summed E-state index contributed by atoms with van der Waals surface area (Å²) in [6.07, 6.45) is 2.25. The number of rotatable bonds is 4. The lowest BCUT2D eigenvalue weighted by molar-refractivity contribution is -0.709. The first-order chi connectivity index (χ1) is 12.2. The van der Waals surface area contributed by atoms with Gasteiger partial charge in [-0.3, -0.25) is 4.79 Å². The van der Waals surface area contributed by atoms with Crippen LogP contribution in [0, 0.1) is 0 Å². The molecular weight excluding hydrogens is 312 g/mol. The molecule has 1 unspecified atom stereocenters. The summed E-state index contributed by atoms with van der Waals surface area (Å²) in [5, 5.41) is 1.71. The van der Waals surface area contributed by atoms with Gasteiger partial charge in [-0.2, -0.15) is 0 Å². The minimum Gasteiger partial charge on any atom is -0.319 e. The number of benzene rings is 2. The zero-order valence-corrected chi connectivity index (χ0v) is 14.7. The molecule has 1 heterocycles. The van der Waals surface area contributed by atoms with E-state index in [1.165, 1.54) is 11.1 Å². The summed E-state index contributed by atoms with van der Waals surface area (Å²) in [5.41, 5.74) is 5.83. The van der Waals surface area contributed by atoms with Crippen LogP contribution in [0.5, 0.6) is 0 Å². The van der Waals surface area contributed by atoms with Crippen molar-refractivity contribution in [1.29, 1.82) is 0 Å². The predicted octanol–water partition coefficient (Wildman–Crippen LogP) is 3.44. The molecule has 4 heteroatoms. The largest absolute Gasteiger partial charge is 0.319 e. The monoisotopic (exact) mass is 335 g/mol. The molecule has 128 valence electrons. The highest BCUT2D eigenvalue weighted by Gasteiger charge is 2.46. The number of hydrogen-bond donors (Lipinski definition) is 0. The second-order valence-electron chi connectivity index (χ2n) is 6.58. The van der Waals surface area contributed by atoms with E-state index in [1.807, 2.05) is 11.7 Å². The van der Waals surface area contributed by atoms with Crippen LogP contribution in [-0.2, 0) is 9.53 Å². The number of hydrogen-bond acceptors (Lipinski definition) is 2. The Balaban J connectivity index is 1.88. The Morgan fingerprint density at radius 1 is 1.04 bits per heavy atom. The topological polar surface area (TPSA) is 32.5 Å². The molecule has 1 atom stereocenters. The molecule has 2 aliphatic rings. The number of unbranched alkanes of at least 4 members (excludes halogenated alkanes) is 1. The lowest BCUT2D eigenvalue weighted by Gasteiger charge is -2.13. The van der Waals surface area contributed by atoms with Gasteiger partial charge >= 0.3 is 0 Å². The third-order valence-corrected chi connectivity index (χ3v) is 5.00. The van der Waals surface area contributed by atoms with E-state index in [9.17, 15) is 4.79 Å².